The Morgan fingerprint density at radius 1 is 1.37 bits per heavy atom. The van der Waals surface area contributed by atoms with Crippen LogP contribution in [0.2, 0.25) is 0 Å². The van der Waals surface area contributed by atoms with Gasteiger partial charge in [0.25, 0.3) is 0 Å². The molecular weight excluding hydrogens is 452 g/mol. The van der Waals surface area contributed by atoms with E-state index in [-0.39, 0.29) is 24.7 Å². The molecule has 0 radical (unpaired) electrons. The number of carbonyl (C=O) groups is 1. The van der Waals surface area contributed by atoms with Gasteiger partial charge in [-0.3, -0.25) is 4.79 Å². The van der Waals surface area contributed by atoms with Crippen molar-refractivity contribution in [2.75, 3.05) is 19.0 Å². The number of ketones is 1. The summed E-state index contributed by atoms with van der Waals surface area (Å²) in [6.45, 7) is 2.00. The van der Waals surface area contributed by atoms with Crippen molar-refractivity contribution in [1.82, 2.24) is 0 Å². The summed E-state index contributed by atoms with van der Waals surface area (Å²) in [4.78, 5) is 13.5. The largest absolute Gasteiger partial charge is 0.508 e. The van der Waals surface area contributed by atoms with Crippen LogP contribution in [0.4, 0.5) is 0 Å². The molecule has 2 heterocycles. The number of Topliss-reactive ketones (excluding diaryl/α,β-unsaturated/α-hetero) is 1. The van der Waals surface area contributed by atoms with Crippen LogP contribution < -0.4 is 14.2 Å². The first-order valence-electron chi connectivity index (χ1n) is 9.70. The van der Waals surface area contributed by atoms with E-state index in [1.165, 1.54) is 7.11 Å². The van der Waals surface area contributed by atoms with Crippen molar-refractivity contribution in [2.45, 2.75) is 32.0 Å². The van der Waals surface area contributed by atoms with Crippen LogP contribution in [0.1, 0.15) is 39.9 Å². The van der Waals surface area contributed by atoms with Gasteiger partial charge in [0.1, 0.15) is 35.7 Å². The summed E-state index contributed by atoms with van der Waals surface area (Å²) in [5.41, 5.74) is 3.44. The zero-order valence-electron chi connectivity index (χ0n) is 16.8. The Bertz CT molecular complexity index is 1030. The Kier molecular flexibility index (Phi) is 5.75. The Balaban J connectivity index is 1.78. The molecule has 0 saturated heterocycles. The first-order valence-corrected chi connectivity index (χ1v) is 10.8. The highest BCUT2D eigenvalue weighted by atomic mass is 79.9. The molecule has 0 aliphatic carbocycles. The highest BCUT2D eigenvalue weighted by molar-refractivity contribution is 9.09. The highest BCUT2D eigenvalue weighted by Crippen LogP contribution is 2.47. The van der Waals surface area contributed by atoms with Gasteiger partial charge in [0, 0.05) is 22.0 Å². The molecule has 2 N–H and O–H groups in total. The zero-order chi connectivity index (χ0) is 21.4. The summed E-state index contributed by atoms with van der Waals surface area (Å²) in [6.07, 6.45) is 1.95. The number of benzene rings is 2. The van der Waals surface area contributed by atoms with Gasteiger partial charge in [-0.1, -0.05) is 27.6 Å². The smallest absolute Gasteiger partial charge is 0.178 e. The number of alkyl halides is 1. The van der Waals surface area contributed by atoms with Crippen LogP contribution in [0, 0.1) is 0 Å². The van der Waals surface area contributed by atoms with Crippen molar-refractivity contribution in [3.8, 4) is 23.0 Å². The lowest BCUT2D eigenvalue weighted by molar-refractivity contribution is 0.0553. The van der Waals surface area contributed by atoms with Gasteiger partial charge in [-0.25, -0.2) is 0 Å². The molecule has 2 atom stereocenters. The van der Waals surface area contributed by atoms with Crippen LogP contribution in [0.5, 0.6) is 23.0 Å². The van der Waals surface area contributed by atoms with E-state index in [0.29, 0.717) is 45.9 Å². The van der Waals surface area contributed by atoms with Gasteiger partial charge in [0.2, 0.25) is 0 Å². The van der Waals surface area contributed by atoms with Crippen LogP contribution in [0.25, 0.3) is 0 Å². The van der Waals surface area contributed by atoms with Crippen molar-refractivity contribution >= 4 is 21.7 Å². The van der Waals surface area contributed by atoms with Gasteiger partial charge in [-0.15, -0.1) is 0 Å². The molecule has 2 aliphatic rings. The molecular formula is C23H23BrO6. The normalized spacial score (nSPS) is 19.9. The molecule has 30 heavy (non-hydrogen) atoms. The lowest BCUT2D eigenvalue weighted by Crippen LogP contribution is -2.43. The number of phenolic OH excluding ortho intramolecular Hbond substituents is 1. The van der Waals surface area contributed by atoms with Gasteiger partial charge in [-0.05, 0) is 37.6 Å². The maximum Gasteiger partial charge on any atom is 0.178 e. The minimum absolute atomic E-state index is 0.0768. The maximum atomic E-state index is 13.5. The third-order valence-corrected chi connectivity index (χ3v) is 6.50. The van der Waals surface area contributed by atoms with Gasteiger partial charge < -0.3 is 24.4 Å². The average molecular weight is 475 g/mol. The Morgan fingerprint density at radius 2 is 2.17 bits per heavy atom. The summed E-state index contributed by atoms with van der Waals surface area (Å²) in [5.74, 6) is 0.959. The minimum atomic E-state index is -0.542. The molecule has 6 nitrogen and oxygen atoms in total. The molecule has 0 saturated carbocycles. The monoisotopic (exact) mass is 474 g/mol. The molecule has 2 aliphatic heterocycles. The van der Waals surface area contributed by atoms with Crippen molar-refractivity contribution < 1.29 is 29.2 Å². The van der Waals surface area contributed by atoms with E-state index >= 15 is 0 Å². The predicted molar refractivity (Wildman–Crippen MR) is 115 cm³/mol. The molecule has 0 spiro atoms. The number of hydrogen-bond donors (Lipinski definition) is 2. The molecule has 0 unspecified atom stereocenters. The van der Waals surface area contributed by atoms with Crippen LogP contribution >= 0.6 is 15.9 Å². The predicted octanol–water partition coefficient (Wildman–Crippen LogP) is 3.90. The SMILES string of the molecule is COc1cc2c(cc1CO)OC[C@H]1Oc3c(ccc(O)c3C/C=C(\C)CBr)C(=O)[C@@H]21. The van der Waals surface area contributed by atoms with E-state index in [1.807, 2.05) is 13.0 Å². The second-order valence-corrected chi connectivity index (χ2v) is 8.06. The average Bonchev–Trinajstić information content (AvgIpc) is 2.76. The Labute approximate surface area is 183 Å². The summed E-state index contributed by atoms with van der Waals surface area (Å²) in [6, 6.07) is 6.61. The minimum Gasteiger partial charge on any atom is -0.508 e. The lowest BCUT2D eigenvalue weighted by Gasteiger charge is -2.38. The lowest BCUT2D eigenvalue weighted by atomic mass is 9.81. The van der Waals surface area contributed by atoms with Crippen molar-refractivity contribution in [1.29, 1.82) is 0 Å². The number of aliphatic hydroxyl groups is 1. The van der Waals surface area contributed by atoms with E-state index in [9.17, 15) is 15.0 Å². The van der Waals surface area contributed by atoms with Crippen molar-refractivity contribution in [3.05, 3.63) is 58.2 Å². The number of ether oxygens (including phenoxy) is 3. The number of halogens is 1. The summed E-state index contributed by atoms with van der Waals surface area (Å²) in [5, 5.41) is 20.7. The molecule has 0 bridgehead atoms. The first kappa shape index (κ1) is 20.8. The van der Waals surface area contributed by atoms with E-state index < -0.39 is 12.0 Å². The van der Waals surface area contributed by atoms with Gasteiger partial charge in [-0.2, -0.15) is 0 Å². The zero-order valence-corrected chi connectivity index (χ0v) is 18.4. The van der Waals surface area contributed by atoms with Crippen LogP contribution in [-0.4, -0.2) is 41.1 Å². The number of phenols is 1. The maximum absolute atomic E-state index is 13.5. The summed E-state index contributed by atoms with van der Waals surface area (Å²) < 4.78 is 17.5. The number of rotatable bonds is 5. The molecule has 2 aromatic carbocycles. The number of aliphatic hydroxyl groups excluding tert-OH is 1. The van der Waals surface area contributed by atoms with Crippen molar-refractivity contribution in [3.63, 3.8) is 0 Å². The second kappa shape index (κ2) is 8.32. The van der Waals surface area contributed by atoms with Crippen LogP contribution in [-0.2, 0) is 13.0 Å². The fourth-order valence-electron chi connectivity index (χ4n) is 3.97. The molecule has 0 amide bonds. The summed E-state index contributed by atoms with van der Waals surface area (Å²) in [7, 11) is 1.52. The Morgan fingerprint density at radius 3 is 2.87 bits per heavy atom. The number of methoxy groups -OCH3 is 1. The summed E-state index contributed by atoms with van der Waals surface area (Å²) >= 11 is 3.42. The second-order valence-electron chi connectivity index (χ2n) is 7.50. The topological polar surface area (TPSA) is 85.2 Å². The quantitative estimate of drug-likeness (QED) is 0.504. The number of carbonyl (C=O) groups excluding carboxylic acids is 1. The molecule has 0 fully saturated rings. The third kappa shape index (κ3) is 3.46. The number of fused-ring (bicyclic) bond motifs is 4. The van der Waals surface area contributed by atoms with Gasteiger partial charge in [0.05, 0.1) is 25.2 Å². The van der Waals surface area contributed by atoms with Crippen LogP contribution in [0.3, 0.4) is 0 Å². The van der Waals surface area contributed by atoms with E-state index in [4.69, 9.17) is 14.2 Å². The van der Waals surface area contributed by atoms with Crippen LogP contribution in [0.15, 0.2) is 35.9 Å². The molecule has 0 aromatic heterocycles. The first-order chi connectivity index (χ1) is 14.5. The molecule has 4 rings (SSSR count). The fraction of sp³-hybridized carbons (Fsp3) is 0.348. The van der Waals surface area contributed by atoms with E-state index in [0.717, 1.165) is 10.9 Å². The fourth-order valence-corrected chi connectivity index (χ4v) is 4.20. The highest BCUT2D eigenvalue weighted by Gasteiger charge is 2.44. The van der Waals surface area contributed by atoms with Gasteiger partial charge >= 0.3 is 0 Å². The molecule has 7 heteroatoms. The number of allylic oxidation sites excluding steroid dienone is 2. The number of hydrogen-bond acceptors (Lipinski definition) is 6. The molecule has 2 aromatic rings. The Hall–Kier alpha value is -2.51. The standard InChI is InChI=1S/C23H23BrO6/c1-12(9-24)3-4-14-17(26)6-5-15-22(27)21-16-8-18(28-2)13(10-25)7-19(16)29-11-20(21)30-23(14)15/h3,5-8,20-21,25-26H,4,9-11H2,1-2H3/b12-3+/t20-,21+/m1/s1. The number of aromatic hydroxyl groups is 1. The van der Waals surface area contributed by atoms with Crippen molar-refractivity contribution in [2.24, 2.45) is 0 Å². The van der Waals surface area contributed by atoms with Gasteiger partial charge in [0.15, 0.2) is 5.78 Å². The third-order valence-electron chi connectivity index (χ3n) is 5.61. The molecule has 158 valence electrons. The van der Waals surface area contributed by atoms with E-state index in [2.05, 4.69) is 15.9 Å². The van der Waals surface area contributed by atoms with E-state index in [1.54, 1.807) is 24.3 Å².